The summed E-state index contributed by atoms with van der Waals surface area (Å²) in [6.07, 6.45) is 4.62. The zero-order valence-electron chi connectivity index (χ0n) is 9.01. The minimum atomic E-state index is -0.350. The molecule has 0 aromatic heterocycles. The monoisotopic (exact) mass is 194 g/mol. The third-order valence-electron chi connectivity index (χ3n) is 2.47. The van der Waals surface area contributed by atoms with Crippen LogP contribution in [0.25, 0.3) is 0 Å². The average Bonchev–Trinajstić information content (AvgIpc) is 2.82. The first-order valence-electron chi connectivity index (χ1n) is 5.48. The average molecular weight is 194 g/mol. The van der Waals surface area contributed by atoms with Gasteiger partial charge >= 0.3 is 0 Å². The van der Waals surface area contributed by atoms with Gasteiger partial charge in [0, 0.05) is 18.9 Å². The molecule has 1 unspecified atom stereocenters. The van der Waals surface area contributed by atoms with Crippen molar-refractivity contribution < 1.29 is 9.47 Å². The minimum absolute atomic E-state index is 0.0292. The normalized spacial score (nSPS) is 27.1. The van der Waals surface area contributed by atoms with E-state index in [1.165, 1.54) is 12.8 Å². The van der Waals surface area contributed by atoms with Crippen molar-refractivity contribution in [1.29, 1.82) is 0 Å². The van der Waals surface area contributed by atoms with Gasteiger partial charge in [-0.05, 0) is 33.1 Å². The van der Waals surface area contributed by atoms with Crippen LogP contribution in [-0.2, 0) is 9.47 Å². The van der Waals surface area contributed by atoms with Crippen LogP contribution < -0.4 is 0 Å². The Kier molecular flexibility index (Phi) is 2.80. The van der Waals surface area contributed by atoms with Crippen molar-refractivity contribution in [3.05, 3.63) is 0 Å². The molecular formula is C12H18O2. The minimum Gasteiger partial charge on any atom is -0.353 e. The van der Waals surface area contributed by atoms with Crippen molar-refractivity contribution in [1.82, 2.24) is 0 Å². The fourth-order valence-corrected chi connectivity index (χ4v) is 1.50. The molecule has 1 aliphatic carbocycles. The Morgan fingerprint density at radius 3 is 2.64 bits per heavy atom. The molecule has 2 fully saturated rings. The second-order valence-electron chi connectivity index (χ2n) is 4.61. The van der Waals surface area contributed by atoms with Gasteiger partial charge in [0.2, 0.25) is 0 Å². The van der Waals surface area contributed by atoms with Crippen molar-refractivity contribution in [2.75, 3.05) is 6.61 Å². The molecule has 0 N–H and O–H groups in total. The third-order valence-corrected chi connectivity index (χ3v) is 2.47. The molecule has 0 bridgehead atoms. The lowest BCUT2D eigenvalue weighted by Crippen LogP contribution is -2.28. The maximum atomic E-state index is 5.78. The Bertz CT molecular complexity index is 249. The van der Waals surface area contributed by atoms with E-state index in [1.807, 2.05) is 13.8 Å². The third kappa shape index (κ3) is 3.01. The lowest BCUT2D eigenvalue weighted by atomic mass is 10.1. The zero-order valence-corrected chi connectivity index (χ0v) is 9.01. The summed E-state index contributed by atoms with van der Waals surface area (Å²) in [6.45, 7) is 4.87. The van der Waals surface area contributed by atoms with Crippen LogP contribution >= 0.6 is 0 Å². The molecule has 0 radical (unpaired) electrons. The van der Waals surface area contributed by atoms with E-state index in [2.05, 4.69) is 11.8 Å². The molecule has 0 amide bonds. The standard InChI is InChI=1S/C12H18O2/c1-12(2,8-7-10-5-6-10)14-11-4-3-9-13-11/h10-11H,3-6,9H2,1-2H3. The van der Waals surface area contributed by atoms with Gasteiger partial charge in [0.25, 0.3) is 0 Å². The molecule has 2 aliphatic rings. The summed E-state index contributed by atoms with van der Waals surface area (Å²) in [5.74, 6) is 7.08. The van der Waals surface area contributed by atoms with Crippen LogP contribution in [0.1, 0.15) is 39.5 Å². The highest BCUT2D eigenvalue weighted by Crippen LogP contribution is 2.28. The van der Waals surface area contributed by atoms with E-state index in [0.717, 1.165) is 19.4 Å². The summed E-state index contributed by atoms with van der Waals surface area (Å²) in [4.78, 5) is 0. The van der Waals surface area contributed by atoms with E-state index >= 15 is 0 Å². The van der Waals surface area contributed by atoms with Crippen molar-refractivity contribution in [3.63, 3.8) is 0 Å². The molecule has 1 aliphatic heterocycles. The molecule has 2 nitrogen and oxygen atoms in total. The van der Waals surface area contributed by atoms with Crippen LogP contribution in [-0.4, -0.2) is 18.5 Å². The predicted octanol–water partition coefficient (Wildman–Crippen LogP) is 2.33. The van der Waals surface area contributed by atoms with Crippen LogP contribution in [0.4, 0.5) is 0 Å². The first-order chi connectivity index (χ1) is 6.66. The molecule has 14 heavy (non-hydrogen) atoms. The summed E-state index contributed by atoms with van der Waals surface area (Å²) in [7, 11) is 0. The summed E-state index contributed by atoms with van der Waals surface area (Å²) in [5, 5.41) is 0. The van der Waals surface area contributed by atoms with Crippen LogP contribution in [0.15, 0.2) is 0 Å². The van der Waals surface area contributed by atoms with Crippen LogP contribution in [0, 0.1) is 17.8 Å². The molecule has 0 aromatic rings. The summed E-state index contributed by atoms with van der Waals surface area (Å²) in [6, 6.07) is 0. The first kappa shape index (κ1) is 10.0. The summed E-state index contributed by atoms with van der Waals surface area (Å²) >= 11 is 0. The van der Waals surface area contributed by atoms with Crippen molar-refractivity contribution in [2.24, 2.45) is 5.92 Å². The molecule has 0 spiro atoms. The second-order valence-corrected chi connectivity index (χ2v) is 4.61. The number of rotatable bonds is 2. The largest absolute Gasteiger partial charge is 0.353 e. The Morgan fingerprint density at radius 1 is 1.29 bits per heavy atom. The van der Waals surface area contributed by atoms with Gasteiger partial charge in [-0.25, -0.2) is 0 Å². The summed E-state index contributed by atoms with van der Waals surface area (Å²) < 4.78 is 11.2. The number of hydrogen-bond acceptors (Lipinski definition) is 2. The molecule has 78 valence electrons. The molecule has 2 heteroatoms. The topological polar surface area (TPSA) is 18.5 Å². The molecular weight excluding hydrogens is 176 g/mol. The highest BCUT2D eigenvalue weighted by Gasteiger charge is 2.26. The molecule has 2 rings (SSSR count). The fourth-order valence-electron chi connectivity index (χ4n) is 1.50. The molecule has 1 heterocycles. The van der Waals surface area contributed by atoms with Crippen molar-refractivity contribution >= 4 is 0 Å². The van der Waals surface area contributed by atoms with E-state index in [1.54, 1.807) is 0 Å². The Balaban J connectivity index is 1.84. The highest BCUT2D eigenvalue weighted by molar-refractivity contribution is 5.16. The SMILES string of the molecule is CC(C)(C#CC1CC1)OC1CCCO1. The van der Waals surface area contributed by atoms with Gasteiger partial charge in [0.05, 0.1) is 0 Å². The lowest BCUT2D eigenvalue weighted by Gasteiger charge is -2.23. The predicted molar refractivity (Wildman–Crippen MR) is 54.6 cm³/mol. The van der Waals surface area contributed by atoms with Crippen LogP contribution in [0.2, 0.25) is 0 Å². The second kappa shape index (κ2) is 3.92. The molecule has 1 saturated carbocycles. The van der Waals surface area contributed by atoms with E-state index in [0.29, 0.717) is 5.92 Å². The maximum absolute atomic E-state index is 5.78. The van der Waals surface area contributed by atoms with Gasteiger partial charge in [0.15, 0.2) is 6.29 Å². The lowest BCUT2D eigenvalue weighted by molar-refractivity contribution is -0.157. The van der Waals surface area contributed by atoms with Crippen LogP contribution in [0.3, 0.4) is 0 Å². The Morgan fingerprint density at radius 2 is 2.07 bits per heavy atom. The van der Waals surface area contributed by atoms with Gasteiger partial charge in [-0.1, -0.05) is 11.8 Å². The smallest absolute Gasteiger partial charge is 0.159 e. The van der Waals surface area contributed by atoms with Crippen molar-refractivity contribution in [2.45, 2.75) is 51.4 Å². The summed E-state index contributed by atoms with van der Waals surface area (Å²) in [5.41, 5.74) is -0.350. The van der Waals surface area contributed by atoms with Gasteiger partial charge in [0.1, 0.15) is 5.60 Å². The highest BCUT2D eigenvalue weighted by atomic mass is 16.7. The molecule has 1 atom stereocenters. The fraction of sp³-hybridized carbons (Fsp3) is 0.833. The van der Waals surface area contributed by atoms with Gasteiger partial charge in [-0.2, -0.15) is 0 Å². The van der Waals surface area contributed by atoms with Crippen LogP contribution in [0.5, 0.6) is 0 Å². The molecule has 1 saturated heterocycles. The van der Waals surface area contributed by atoms with E-state index < -0.39 is 0 Å². The quantitative estimate of drug-likeness (QED) is 0.628. The first-order valence-corrected chi connectivity index (χ1v) is 5.48. The maximum Gasteiger partial charge on any atom is 0.159 e. The molecule has 0 aromatic carbocycles. The van der Waals surface area contributed by atoms with E-state index in [9.17, 15) is 0 Å². The van der Waals surface area contributed by atoms with E-state index in [-0.39, 0.29) is 11.9 Å². The zero-order chi connectivity index (χ0) is 10.0. The van der Waals surface area contributed by atoms with Gasteiger partial charge in [-0.15, -0.1) is 0 Å². The Hall–Kier alpha value is -0.520. The number of ether oxygens (including phenoxy) is 2. The Labute approximate surface area is 86.0 Å². The van der Waals surface area contributed by atoms with E-state index in [4.69, 9.17) is 9.47 Å². The van der Waals surface area contributed by atoms with Gasteiger partial charge < -0.3 is 9.47 Å². The van der Waals surface area contributed by atoms with Crippen molar-refractivity contribution in [3.8, 4) is 11.8 Å². The van der Waals surface area contributed by atoms with Gasteiger partial charge in [-0.3, -0.25) is 0 Å². The number of hydrogen-bond donors (Lipinski definition) is 0.